The summed E-state index contributed by atoms with van der Waals surface area (Å²) in [6.45, 7) is 0. The molecular formula is C8H14O7. The Hall–Kier alpha value is -0.730. The van der Waals surface area contributed by atoms with Gasteiger partial charge in [0.1, 0.15) is 18.3 Å². The fraction of sp³-hybridized carbons (Fsp3) is 0.875. The molecule has 1 aliphatic heterocycles. The van der Waals surface area contributed by atoms with E-state index in [1.54, 1.807) is 0 Å². The van der Waals surface area contributed by atoms with E-state index in [2.05, 4.69) is 0 Å². The second kappa shape index (κ2) is 4.86. The van der Waals surface area contributed by atoms with Crippen molar-refractivity contribution < 1.29 is 35.1 Å². The van der Waals surface area contributed by atoms with Crippen molar-refractivity contribution in [2.45, 2.75) is 43.5 Å². The molecule has 0 spiro atoms. The largest absolute Gasteiger partial charge is 0.481 e. The van der Waals surface area contributed by atoms with Crippen molar-refractivity contribution in [2.24, 2.45) is 0 Å². The molecule has 88 valence electrons. The molecule has 0 saturated carbocycles. The van der Waals surface area contributed by atoms with Crippen molar-refractivity contribution in [1.82, 2.24) is 0 Å². The third-order valence-corrected chi connectivity index (χ3v) is 2.33. The van der Waals surface area contributed by atoms with E-state index in [4.69, 9.17) is 20.1 Å². The van der Waals surface area contributed by atoms with Crippen LogP contribution in [0.1, 0.15) is 12.8 Å². The monoisotopic (exact) mass is 222 g/mol. The van der Waals surface area contributed by atoms with Gasteiger partial charge in [-0.15, -0.1) is 0 Å². The predicted molar refractivity (Wildman–Crippen MR) is 45.8 cm³/mol. The summed E-state index contributed by atoms with van der Waals surface area (Å²) in [5, 5.41) is 45.3. The van der Waals surface area contributed by atoms with Crippen LogP contribution in [0.25, 0.3) is 0 Å². The second-order valence-corrected chi connectivity index (χ2v) is 3.47. The van der Waals surface area contributed by atoms with Crippen molar-refractivity contribution in [3.05, 3.63) is 0 Å². The summed E-state index contributed by atoms with van der Waals surface area (Å²) < 4.78 is 4.76. The summed E-state index contributed by atoms with van der Waals surface area (Å²) >= 11 is 0. The number of ether oxygens (including phenoxy) is 1. The molecule has 0 bridgehead atoms. The van der Waals surface area contributed by atoms with Gasteiger partial charge >= 0.3 is 5.97 Å². The number of rotatable bonds is 3. The Labute approximate surface area is 85.5 Å². The van der Waals surface area contributed by atoms with E-state index in [9.17, 15) is 15.0 Å². The van der Waals surface area contributed by atoms with Crippen LogP contribution < -0.4 is 0 Å². The summed E-state index contributed by atoms with van der Waals surface area (Å²) in [6.07, 6.45) is -7.41. The molecule has 1 rings (SSSR count). The first-order valence-electron chi connectivity index (χ1n) is 4.53. The molecule has 1 unspecified atom stereocenters. The first kappa shape index (κ1) is 12.3. The number of aliphatic carboxylic acids is 1. The van der Waals surface area contributed by atoms with E-state index < -0.39 is 36.7 Å². The van der Waals surface area contributed by atoms with Gasteiger partial charge < -0.3 is 30.3 Å². The maximum Gasteiger partial charge on any atom is 0.303 e. The average Bonchev–Trinajstić information content (AvgIpc) is 2.18. The Kier molecular flexibility index (Phi) is 4.00. The van der Waals surface area contributed by atoms with Crippen LogP contribution in [0.2, 0.25) is 0 Å². The molecule has 1 heterocycles. The molecule has 7 heteroatoms. The van der Waals surface area contributed by atoms with Crippen LogP contribution in [0, 0.1) is 0 Å². The van der Waals surface area contributed by atoms with Crippen molar-refractivity contribution in [3.8, 4) is 0 Å². The zero-order valence-corrected chi connectivity index (χ0v) is 7.85. The minimum absolute atomic E-state index is 0.0443. The number of hydrogen-bond donors (Lipinski definition) is 5. The molecule has 0 aromatic heterocycles. The van der Waals surface area contributed by atoms with Gasteiger partial charge in [-0.25, -0.2) is 0 Å². The molecular weight excluding hydrogens is 208 g/mol. The maximum absolute atomic E-state index is 10.3. The van der Waals surface area contributed by atoms with Crippen LogP contribution in [0.5, 0.6) is 0 Å². The molecule has 7 nitrogen and oxygen atoms in total. The van der Waals surface area contributed by atoms with Gasteiger partial charge in [-0.1, -0.05) is 0 Å². The number of carboxylic acid groups (broad SMARTS) is 1. The van der Waals surface area contributed by atoms with Gasteiger partial charge in [0.15, 0.2) is 6.29 Å². The Morgan fingerprint density at radius 1 is 1.07 bits per heavy atom. The number of carbonyl (C=O) groups is 1. The van der Waals surface area contributed by atoms with E-state index in [1.165, 1.54) is 0 Å². The van der Waals surface area contributed by atoms with E-state index in [0.717, 1.165) is 0 Å². The highest BCUT2D eigenvalue weighted by Gasteiger charge is 2.42. The van der Waals surface area contributed by atoms with Gasteiger partial charge in [-0.3, -0.25) is 4.79 Å². The van der Waals surface area contributed by atoms with E-state index >= 15 is 0 Å². The fourth-order valence-corrected chi connectivity index (χ4v) is 1.44. The quantitative estimate of drug-likeness (QED) is 0.361. The van der Waals surface area contributed by atoms with E-state index in [-0.39, 0.29) is 12.8 Å². The molecule has 0 aliphatic carbocycles. The van der Waals surface area contributed by atoms with Gasteiger partial charge in [0.25, 0.3) is 0 Å². The van der Waals surface area contributed by atoms with Crippen LogP contribution in [-0.4, -0.2) is 62.2 Å². The molecule has 1 aliphatic rings. The van der Waals surface area contributed by atoms with Crippen LogP contribution in [0.4, 0.5) is 0 Å². The normalized spacial score (nSPS) is 41.5. The molecule has 5 atom stereocenters. The fourth-order valence-electron chi connectivity index (χ4n) is 1.44. The highest BCUT2D eigenvalue weighted by molar-refractivity contribution is 5.66. The lowest BCUT2D eigenvalue weighted by molar-refractivity contribution is -0.282. The van der Waals surface area contributed by atoms with E-state index in [1.807, 2.05) is 0 Å². The van der Waals surface area contributed by atoms with E-state index in [0.29, 0.717) is 0 Å². The van der Waals surface area contributed by atoms with Crippen molar-refractivity contribution in [1.29, 1.82) is 0 Å². The number of carboxylic acids is 1. The third kappa shape index (κ3) is 2.86. The van der Waals surface area contributed by atoms with Crippen molar-refractivity contribution in [3.63, 3.8) is 0 Å². The first-order chi connectivity index (χ1) is 6.93. The summed E-state index contributed by atoms with van der Waals surface area (Å²) in [5.41, 5.74) is 0. The summed E-state index contributed by atoms with van der Waals surface area (Å²) in [7, 11) is 0. The van der Waals surface area contributed by atoms with Gasteiger partial charge in [-0.2, -0.15) is 0 Å². The maximum atomic E-state index is 10.3. The Morgan fingerprint density at radius 2 is 1.67 bits per heavy atom. The van der Waals surface area contributed by atoms with Gasteiger partial charge in [0.05, 0.1) is 6.10 Å². The molecule has 0 aromatic rings. The van der Waals surface area contributed by atoms with Crippen LogP contribution in [0.15, 0.2) is 0 Å². The first-order valence-corrected chi connectivity index (χ1v) is 4.53. The van der Waals surface area contributed by atoms with Crippen molar-refractivity contribution in [2.75, 3.05) is 0 Å². The van der Waals surface area contributed by atoms with Gasteiger partial charge in [-0.05, 0) is 6.42 Å². The molecule has 0 aromatic carbocycles. The SMILES string of the molecule is O=C(O)CC[C@H]1OC(O)[C@@H](O)[C@@H](O)[C@@H]1O. The lowest BCUT2D eigenvalue weighted by atomic mass is 9.96. The Balaban J connectivity index is 2.54. The summed E-state index contributed by atoms with van der Waals surface area (Å²) in [6, 6.07) is 0. The highest BCUT2D eigenvalue weighted by atomic mass is 16.6. The zero-order chi connectivity index (χ0) is 11.6. The number of aliphatic hydroxyl groups is 4. The smallest absolute Gasteiger partial charge is 0.303 e. The third-order valence-electron chi connectivity index (χ3n) is 2.33. The Bertz CT molecular complexity index is 231. The molecule has 0 radical (unpaired) electrons. The van der Waals surface area contributed by atoms with Crippen LogP contribution >= 0.6 is 0 Å². The minimum Gasteiger partial charge on any atom is -0.481 e. The second-order valence-electron chi connectivity index (χ2n) is 3.47. The highest BCUT2D eigenvalue weighted by Crippen LogP contribution is 2.22. The Morgan fingerprint density at radius 3 is 2.20 bits per heavy atom. The van der Waals surface area contributed by atoms with Crippen LogP contribution in [-0.2, 0) is 9.53 Å². The summed E-state index contributed by atoms with van der Waals surface area (Å²) in [5.74, 6) is -1.07. The summed E-state index contributed by atoms with van der Waals surface area (Å²) in [4.78, 5) is 10.3. The predicted octanol–water partition coefficient (Wildman–Crippen LogP) is -2.35. The zero-order valence-electron chi connectivity index (χ0n) is 7.85. The molecule has 5 N–H and O–H groups in total. The molecule has 15 heavy (non-hydrogen) atoms. The lowest BCUT2D eigenvalue weighted by Gasteiger charge is -2.38. The molecule has 1 fully saturated rings. The topological polar surface area (TPSA) is 127 Å². The number of hydrogen-bond acceptors (Lipinski definition) is 6. The average molecular weight is 222 g/mol. The van der Waals surface area contributed by atoms with Gasteiger partial charge in [0, 0.05) is 6.42 Å². The number of aliphatic hydroxyl groups excluding tert-OH is 4. The molecule has 0 amide bonds. The lowest BCUT2D eigenvalue weighted by Crippen LogP contribution is -2.57. The van der Waals surface area contributed by atoms with Crippen LogP contribution in [0.3, 0.4) is 0 Å². The minimum atomic E-state index is -1.61. The standard InChI is InChI=1S/C8H14O7/c9-4(10)2-1-3-5(11)6(12)7(13)8(14)15-3/h3,5-8,11-14H,1-2H2,(H,9,10)/t3-,5-,6+,7+,8?/m1/s1. The van der Waals surface area contributed by atoms with Crippen molar-refractivity contribution >= 4 is 5.97 Å². The molecule has 1 saturated heterocycles. The van der Waals surface area contributed by atoms with Gasteiger partial charge in [0.2, 0.25) is 0 Å².